The molecule has 0 spiro atoms. The lowest BCUT2D eigenvalue weighted by atomic mass is 10.0. The van der Waals surface area contributed by atoms with Crippen molar-refractivity contribution in [3.8, 4) is 0 Å². The third-order valence-electron chi connectivity index (χ3n) is 2.31. The fraction of sp³-hybridized carbons (Fsp3) is 0.364. The Labute approximate surface area is 82.6 Å². The molecule has 1 aliphatic heterocycles. The molecule has 1 saturated heterocycles. The van der Waals surface area contributed by atoms with E-state index in [-0.39, 0.29) is 5.92 Å². The molecule has 1 fully saturated rings. The number of hydrogen-bond donors (Lipinski definition) is 0. The van der Waals surface area contributed by atoms with Gasteiger partial charge >= 0.3 is 0 Å². The topological polar surface area (TPSA) is 35.5 Å². The molecule has 0 atom stereocenters. The van der Waals surface area contributed by atoms with E-state index < -0.39 is 6.29 Å². The first-order valence-electron chi connectivity index (χ1n) is 4.63. The van der Waals surface area contributed by atoms with Gasteiger partial charge in [-0.2, -0.15) is 0 Å². The minimum Gasteiger partial charge on any atom is -0.346 e. The molecule has 0 saturated carbocycles. The summed E-state index contributed by atoms with van der Waals surface area (Å²) >= 11 is 0. The largest absolute Gasteiger partial charge is 0.346 e. The maximum Gasteiger partial charge on any atom is 0.214 e. The molecule has 0 amide bonds. The third-order valence-corrected chi connectivity index (χ3v) is 2.31. The van der Waals surface area contributed by atoms with Gasteiger partial charge in [-0.15, -0.1) is 0 Å². The summed E-state index contributed by atoms with van der Waals surface area (Å²) in [6.45, 7) is 1.10. The standard InChI is InChI=1S/C11H12O3/c12-6-11-13-7-10(8-14-11)9-4-2-1-3-5-9/h1-6,10-11H,7-8H2. The lowest BCUT2D eigenvalue weighted by molar-refractivity contribution is -0.183. The van der Waals surface area contributed by atoms with Gasteiger partial charge in [0.05, 0.1) is 13.2 Å². The molecule has 0 unspecified atom stereocenters. The van der Waals surface area contributed by atoms with E-state index >= 15 is 0 Å². The Balaban J connectivity index is 1.99. The van der Waals surface area contributed by atoms with Gasteiger partial charge in [0.15, 0.2) is 6.29 Å². The van der Waals surface area contributed by atoms with Crippen molar-refractivity contribution in [1.82, 2.24) is 0 Å². The molecule has 1 aromatic carbocycles. The second-order valence-electron chi connectivity index (χ2n) is 3.28. The van der Waals surface area contributed by atoms with Gasteiger partial charge in [0.25, 0.3) is 0 Å². The highest BCUT2D eigenvalue weighted by atomic mass is 16.7. The zero-order valence-electron chi connectivity index (χ0n) is 7.76. The molecule has 1 heterocycles. The van der Waals surface area contributed by atoms with Crippen LogP contribution in [-0.4, -0.2) is 25.8 Å². The van der Waals surface area contributed by atoms with Gasteiger partial charge < -0.3 is 9.47 Å². The van der Waals surface area contributed by atoms with Gasteiger partial charge in [-0.05, 0) is 5.56 Å². The predicted octanol–water partition coefficient (Wildman–Crippen LogP) is 1.34. The lowest BCUT2D eigenvalue weighted by Crippen LogP contribution is -2.31. The summed E-state index contributed by atoms with van der Waals surface area (Å²) in [6, 6.07) is 10.0. The molecular formula is C11H12O3. The van der Waals surface area contributed by atoms with Crippen LogP contribution < -0.4 is 0 Å². The normalized spacial score (nSPS) is 27.1. The second-order valence-corrected chi connectivity index (χ2v) is 3.28. The maximum atomic E-state index is 10.4. The summed E-state index contributed by atoms with van der Waals surface area (Å²) < 4.78 is 10.4. The number of aldehydes is 1. The van der Waals surface area contributed by atoms with E-state index in [0.29, 0.717) is 19.5 Å². The Bertz CT molecular complexity index is 289. The van der Waals surface area contributed by atoms with Crippen molar-refractivity contribution in [3.05, 3.63) is 35.9 Å². The molecule has 14 heavy (non-hydrogen) atoms. The monoisotopic (exact) mass is 192 g/mol. The fourth-order valence-electron chi connectivity index (χ4n) is 1.51. The quantitative estimate of drug-likeness (QED) is 0.663. The van der Waals surface area contributed by atoms with Crippen molar-refractivity contribution in [1.29, 1.82) is 0 Å². The summed E-state index contributed by atoms with van der Waals surface area (Å²) in [5.74, 6) is 0.243. The fourth-order valence-corrected chi connectivity index (χ4v) is 1.51. The minimum absolute atomic E-state index is 0.243. The Morgan fingerprint density at radius 2 is 1.79 bits per heavy atom. The van der Waals surface area contributed by atoms with E-state index in [9.17, 15) is 4.79 Å². The first kappa shape index (κ1) is 9.37. The molecule has 0 radical (unpaired) electrons. The number of carbonyl (C=O) groups is 1. The number of hydrogen-bond acceptors (Lipinski definition) is 3. The van der Waals surface area contributed by atoms with E-state index in [4.69, 9.17) is 9.47 Å². The third kappa shape index (κ3) is 2.00. The van der Waals surface area contributed by atoms with Crippen LogP contribution in [0.3, 0.4) is 0 Å². The van der Waals surface area contributed by atoms with Crippen LogP contribution in [0.4, 0.5) is 0 Å². The van der Waals surface area contributed by atoms with Gasteiger partial charge in [-0.1, -0.05) is 30.3 Å². The van der Waals surface area contributed by atoms with Crippen LogP contribution in [0.1, 0.15) is 11.5 Å². The first-order chi connectivity index (χ1) is 6.90. The van der Waals surface area contributed by atoms with E-state index in [0.717, 1.165) is 0 Å². The summed E-state index contributed by atoms with van der Waals surface area (Å²) in [5.41, 5.74) is 1.19. The molecule has 2 rings (SSSR count). The van der Waals surface area contributed by atoms with Crippen molar-refractivity contribution < 1.29 is 14.3 Å². The molecule has 3 nitrogen and oxygen atoms in total. The van der Waals surface area contributed by atoms with Crippen molar-refractivity contribution in [2.24, 2.45) is 0 Å². The van der Waals surface area contributed by atoms with Crippen LogP contribution in [0.5, 0.6) is 0 Å². The van der Waals surface area contributed by atoms with Gasteiger partial charge in [0.1, 0.15) is 0 Å². The molecule has 0 aromatic heterocycles. The van der Waals surface area contributed by atoms with E-state index in [1.54, 1.807) is 0 Å². The van der Waals surface area contributed by atoms with Crippen molar-refractivity contribution in [2.45, 2.75) is 12.2 Å². The molecule has 0 N–H and O–H groups in total. The van der Waals surface area contributed by atoms with Crippen molar-refractivity contribution in [3.63, 3.8) is 0 Å². The zero-order chi connectivity index (χ0) is 9.80. The van der Waals surface area contributed by atoms with Crippen LogP contribution >= 0.6 is 0 Å². The van der Waals surface area contributed by atoms with Crippen LogP contribution in [0.2, 0.25) is 0 Å². The summed E-state index contributed by atoms with van der Waals surface area (Å²) in [6.07, 6.45) is 0.0104. The zero-order valence-corrected chi connectivity index (χ0v) is 7.76. The van der Waals surface area contributed by atoms with Crippen molar-refractivity contribution in [2.75, 3.05) is 13.2 Å². The average Bonchev–Trinajstić information content (AvgIpc) is 2.30. The molecule has 0 bridgehead atoms. The maximum absolute atomic E-state index is 10.4. The van der Waals surface area contributed by atoms with Gasteiger partial charge in [-0.25, -0.2) is 0 Å². The summed E-state index contributed by atoms with van der Waals surface area (Å²) in [5, 5.41) is 0. The molecule has 74 valence electrons. The highest BCUT2D eigenvalue weighted by Crippen LogP contribution is 2.21. The van der Waals surface area contributed by atoms with E-state index in [2.05, 4.69) is 0 Å². The number of ether oxygens (including phenoxy) is 2. The Morgan fingerprint density at radius 1 is 1.14 bits per heavy atom. The second kappa shape index (κ2) is 4.35. The van der Waals surface area contributed by atoms with Gasteiger partial charge in [0.2, 0.25) is 6.29 Å². The Hall–Kier alpha value is -1.19. The molecule has 1 aromatic rings. The van der Waals surface area contributed by atoms with E-state index in [1.807, 2.05) is 30.3 Å². The predicted molar refractivity (Wildman–Crippen MR) is 50.9 cm³/mol. The minimum atomic E-state index is -0.671. The lowest BCUT2D eigenvalue weighted by Gasteiger charge is -2.26. The molecule has 1 aliphatic rings. The highest BCUT2D eigenvalue weighted by Gasteiger charge is 2.22. The Morgan fingerprint density at radius 3 is 2.36 bits per heavy atom. The van der Waals surface area contributed by atoms with Crippen LogP contribution in [0.25, 0.3) is 0 Å². The van der Waals surface area contributed by atoms with Crippen LogP contribution in [-0.2, 0) is 14.3 Å². The summed E-state index contributed by atoms with van der Waals surface area (Å²) in [7, 11) is 0. The molecular weight excluding hydrogens is 180 g/mol. The molecule has 3 heteroatoms. The van der Waals surface area contributed by atoms with Gasteiger partial charge in [-0.3, -0.25) is 4.79 Å². The van der Waals surface area contributed by atoms with Crippen LogP contribution in [0.15, 0.2) is 30.3 Å². The number of benzene rings is 1. The smallest absolute Gasteiger partial charge is 0.214 e. The Kier molecular flexibility index (Phi) is 2.91. The number of rotatable bonds is 2. The SMILES string of the molecule is O=CC1OCC(c2ccccc2)CO1. The summed E-state index contributed by atoms with van der Waals surface area (Å²) in [4.78, 5) is 10.4. The average molecular weight is 192 g/mol. The van der Waals surface area contributed by atoms with Crippen molar-refractivity contribution >= 4 is 6.29 Å². The first-order valence-corrected chi connectivity index (χ1v) is 4.63. The highest BCUT2D eigenvalue weighted by molar-refractivity contribution is 5.54. The van der Waals surface area contributed by atoms with Gasteiger partial charge in [0, 0.05) is 5.92 Å². The number of carbonyl (C=O) groups excluding carboxylic acids is 1. The molecule has 0 aliphatic carbocycles. The van der Waals surface area contributed by atoms with E-state index in [1.165, 1.54) is 5.56 Å². The van der Waals surface area contributed by atoms with Crippen LogP contribution in [0, 0.1) is 0 Å².